The van der Waals surface area contributed by atoms with Gasteiger partial charge in [0.15, 0.2) is 0 Å². The molecule has 0 spiro atoms. The molecule has 3 nitrogen and oxygen atoms in total. The first-order valence-electron chi connectivity index (χ1n) is 3.44. The van der Waals surface area contributed by atoms with Crippen LogP contribution in [0.2, 0.25) is 0 Å². The van der Waals surface area contributed by atoms with Crippen molar-refractivity contribution < 1.29 is 0 Å². The summed E-state index contributed by atoms with van der Waals surface area (Å²) in [5.74, 6) is 0. The van der Waals surface area contributed by atoms with Gasteiger partial charge in [-0.05, 0) is 12.1 Å². The number of fused-ring (bicyclic) bond motifs is 1. The van der Waals surface area contributed by atoms with E-state index in [4.69, 9.17) is 5.73 Å². The largest absolute Gasteiger partial charge is 0.397 e. The molecule has 11 heavy (non-hydrogen) atoms. The van der Waals surface area contributed by atoms with Gasteiger partial charge in [-0.2, -0.15) is 0 Å². The summed E-state index contributed by atoms with van der Waals surface area (Å²) in [7, 11) is 1.98. The van der Waals surface area contributed by atoms with Gasteiger partial charge < -0.3 is 10.3 Å². The fourth-order valence-corrected chi connectivity index (χ4v) is 1.15. The molecule has 0 aliphatic carbocycles. The maximum absolute atomic E-state index is 5.58. The lowest BCUT2D eigenvalue weighted by atomic mass is 10.3. The van der Waals surface area contributed by atoms with Crippen LogP contribution in [0.15, 0.2) is 24.5 Å². The Balaban J connectivity index is 2.87. The van der Waals surface area contributed by atoms with Crippen molar-refractivity contribution >= 4 is 16.7 Å². The molecule has 3 heteroatoms. The predicted molar refractivity (Wildman–Crippen MR) is 45.1 cm³/mol. The van der Waals surface area contributed by atoms with Gasteiger partial charge in [0, 0.05) is 13.2 Å². The second-order valence-electron chi connectivity index (χ2n) is 2.60. The predicted octanol–water partition coefficient (Wildman–Crippen LogP) is 1.16. The molecule has 2 aromatic heterocycles. The number of nitrogen functional groups attached to an aromatic ring is 1. The van der Waals surface area contributed by atoms with Gasteiger partial charge in [0.1, 0.15) is 0 Å². The highest BCUT2D eigenvalue weighted by Gasteiger charge is 1.97. The standard InChI is InChI=1S/C8H9N3/c1-11-3-2-7-8(11)4-6(9)5-10-7/h2-5H,9H2,1H3. The van der Waals surface area contributed by atoms with Crippen molar-refractivity contribution in [2.75, 3.05) is 5.73 Å². The first-order valence-corrected chi connectivity index (χ1v) is 3.44. The highest BCUT2D eigenvalue weighted by Crippen LogP contribution is 2.13. The summed E-state index contributed by atoms with van der Waals surface area (Å²) in [6.07, 6.45) is 3.64. The minimum absolute atomic E-state index is 0.708. The van der Waals surface area contributed by atoms with E-state index >= 15 is 0 Å². The third-order valence-electron chi connectivity index (χ3n) is 1.75. The van der Waals surface area contributed by atoms with E-state index < -0.39 is 0 Å². The number of rotatable bonds is 0. The Kier molecular flexibility index (Phi) is 1.12. The maximum Gasteiger partial charge on any atom is 0.0882 e. The van der Waals surface area contributed by atoms with Crippen molar-refractivity contribution in [2.45, 2.75) is 0 Å². The van der Waals surface area contributed by atoms with Gasteiger partial charge >= 0.3 is 0 Å². The van der Waals surface area contributed by atoms with Gasteiger partial charge in [-0.25, -0.2) is 0 Å². The number of pyridine rings is 1. The molecular weight excluding hydrogens is 138 g/mol. The van der Waals surface area contributed by atoms with Crippen LogP contribution in [0.1, 0.15) is 0 Å². The van der Waals surface area contributed by atoms with E-state index in [9.17, 15) is 0 Å². The van der Waals surface area contributed by atoms with E-state index in [1.165, 1.54) is 0 Å². The Morgan fingerprint density at radius 1 is 1.55 bits per heavy atom. The SMILES string of the molecule is Cn1ccc2ncc(N)cc21. The Hall–Kier alpha value is -1.51. The molecule has 0 radical (unpaired) electrons. The number of nitrogens with two attached hydrogens (primary N) is 1. The molecule has 0 aliphatic rings. The third-order valence-corrected chi connectivity index (χ3v) is 1.75. The average molecular weight is 147 g/mol. The Bertz CT molecular complexity index is 389. The molecule has 0 saturated carbocycles. The zero-order chi connectivity index (χ0) is 7.84. The summed E-state index contributed by atoms with van der Waals surface area (Å²) in [6, 6.07) is 3.89. The maximum atomic E-state index is 5.58. The van der Waals surface area contributed by atoms with Gasteiger partial charge in [-0.3, -0.25) is 4.98 Å². The van der Waals surface area contributed by atoms with Gasteiger partial charge in [0.25, 0.3) is 0 Å². The Labute approximate surface area is 64.5 Å². The fraction of sp³-hybridized carbons (Fsp3) is 0.125. The number of nitrogens with zero attached hydrogens (tertiary/aromatic N) is 2. The van der Waals surface area contributed by atoms with Crippen molar-refractivity contribution in [3.05, 3.63) is 24.5 Å². The molecule has 2 heterocycles. The number of anilines is 1. The Morgan fingerprint density at radius 3 is 3.18 bits per heavy atom. The second-order valence-corrected chi connectivity index (χ2v) is 2.60. The van der Waals surface area contributed by atoms with E-state index in [1.54, 1.807) is 6.20 Å². The van der Waals surface area contributed by atoms with Crippen LogP contribution in [0.3, 0.4) is 0 Å². The number of hydrogen-bond acceptors (Lipinski definition) is 2. The van der Waals surface area contributed by atoms with E-state index in [1.807, 2.05) is 29.9 Å². The minimum Gasteiger partial charge on any atom is -0.397 e. The smallest absolute Gasteiger partial charge is 0.0882 e. The monoisotopic (exact) mass is 147 g/mol. The molecule has 0 amide bonds. The van der Waals surface area contributed by atoms with Crippen LogP contribution in [0, 0.1) is 0 Å². The van der Waals surface area contributed by atoms with Crippen molar-refractivity contribution in [2.24, 2.45) is 7.05 Å². The van der Waals surface area contributed by atoms with E-state index in [0.717, 1.165) is 11.0 Å². The lowest BCUT2D eigenvalue weighted by Gasteiger charge is -1.95. The van der Waals surface area contributed by atoms with Crippen molar-refractivity contribution in [1.29, 1.82) is 0 Å². The third kappa shape index (κ3) is 0.852. The molecule has 0 saturated heterocycles. The lowest BCUT2D eigenvalue weighted by Crippen LogP contribution is -1.89. The lowest BCUT2D eigenvalue weighted by molar-refractivity contribution is 0.968. The van der Waals surface area contributed by atoms with Gasteiger partial charge in [0.2, 0.25) is 0 Å². The van der Waals surface area contributed by atoms with E-state index in [0.29, 0.717) is 5.69 Å². The van der Waals surface area contributed by atoms with Crippen molar-refractivity contribution in [1.82, 2.24) is 9.55 Å². The quantitative estimate of drug-likeness (QED) is 0.607. The minimum atomic E-state index is 0.708. The summed E-state index contributed by atoms with van der Waals surface area (Å²) >= 11 is 0. The molecule has 0 aromatic carbocycles. The molecule has 2 rings (SSSR count). The second kappa shape index (κ2) is 1.99. The summed E-state index contributed by atoms with van der Waals surface area (Å²) in [5.41, 5.74) is 8.35. The molecule has 2 N–H and O–H groups in total. The van der Waals surface area contributed by atoms with E-state index in [-0.39, 0.29) is 0 Å². The van der Waals surface area contributed by atoms with Gasteiger partial charge in [-0.15, -0.1) is 0 Å². The normalized spacial score (nSPS) is 10.6. The summed E-state index contributed by atoms with van der Waals surface area (Å²) < 4.78 is 2.00. The number of aryl methyl sites for hydroxylation is 1. The van der Waals surface area contributed by atoms with E-state index in [2.05, 4.69) is 4.98 Å². The molecular formula is C8H9N3. The van der Waals surface area contributed by atoms with Crippen molar-refractivity contribution in [3.63, 3.8) is 0 Å². The van der Waals surface area contributed by atoms with Gasteiger partial charge in [-0.1, -0.05) is 0 Å². The van der Waals surface area contributed by atoms with Crippen LogP contribution in [-0.2, 0) is 7.05 Å². The average Bonchev–Trinajstić information content (AvgIpc) is 2.33. The molecule has 2 aromatic rings. The van der Waals surface area contributed by atoms with Crippen LogP contribution >= 0.6 is 0 Å². The first kappa shape index (κ1) is 6.22. The molecule has 0 atom stereocenters. The summed E-state index contributed by atoms with van der Waals surface area (Å²) in [6.45, 7) is 0. The van der Waals surface area contributed by atoms with Crippen LogP contribution in [0.4, 0.5) is 5.69 Å². The number of hydrogen-bond donors (Lipinski definition) is 1. The Morgan fingerprint density at radius 2 is 2.36 bits per heavy atom. The van der Waals surface area contributed by atoms with Crippen LogP contribution in [0.25, 0.3) is 11.0 Å². The molecule has 0 unspecified atom stereocenters. The topological polar surface area (TPSA) is 43.8 Å². The van der Waals surface area contributed by atoms with Crippen LogP contribution in [-0.4, -0.2) is 9.55 Å². The zero-order valence-electron chi connectivity index (χ0n) is 6.28. The zero-order valence-corrected chi connectivity index (χ0v) is 6.28. The molecule has 0 fully saturated rings. The molecule has 0 bridgehead atoms. The highest BCUT2D eigenvalue weighted by molar-refractivity contribution is 5.78. The molecule has 0 aliphatic heterocycles. The fourth-order valence-electron chi connectivity index (χ4n) is 1.15. The molecule has 56 valence electrons. The summed E-state index contributed by atoms with van der Waals surface area (Å²) in [4.78, 5) is 4.16. The number of aromatic nitrogens is 2. The highest BCUT2D eigenvalue weighted by atomic mass is 14.9. The van der Waals surface area contributed by atoms with Gasteiger partial charge in [0.05, 0.1) is 22.9 Å². The first-order chi connectivity index (χ1) is 5.27. The van der Waals surface area contributed by atoms with Crippen molar-refractivity contribution in [3.8, 4) is 0 Å². The summed E-state index contributed by atoms with van der Waals surface area (Å²) in [5, 5.41) is 0. The van der Waals surface area contributed by atoms with Crippen LogP contribution in [0.5, 0.6) is 0 Å². The van der Waals surface area contributed by atoms with Crippen LogP contribution < -0.4 is 5.73 Å².